The normalized spacial score (nSPS) is 23.6. The number of carbonyl (C=O) groups excluding carboxylic acids is 3. The van der Waals surface area contributed by atoms with E-state index in [0.717, 1.165) is 30.6 Å². The molecule has 1 unspecified atom stereocenters. The molecule has 1 aromatic rings. The Morgan fingerprint density at radius 3 is 2.29 bits per heavy atom. The van der Waals surface area contributed by atoms with E-state index in [9.17, 15) is 14.4 Å². The lowest BCUT2D eigenvalue weighted by molar-refractivity contribution is -0.136. The zero-order chi connectivity index (χ0) is 15.0. The molecule has 1 atom stereocenters. The Morgan fingerprint density at radius 1 is 1.05 bits per heavy atom. The fourth-order valence-electron chi connectivity index (χ4n) is 3.13. The van der Waals surface area contributed by atoms with Crippen molar-refractivity contribution in [3.05, 3.63) is 29.3 Å². The van der Waals surface area contributed by atoms with E-state index >= 15 is 0 Å². The molecule has 5 nitrogen and oxygen atoms in total. The van der Waals surface area contributed by atoms with Gasteiger partial charge in [-0.3, -0.25) is 14.9 Å². The van der Waals surface area contributed by atoms with E-state index in [2.05, 4.69) is 5.32 Å². The summed E-state index contributed by atoms with van der Waals surface area (Å²) in [6.45, 7) is 0. The number of hydrogen-bond acceptors (Lipinski definition) is 3. The van der Waals surface area contributed by atoms with Crippen LogP contribution in [0.3, 0.4) is 0 Å². The van der Waals surface area contributed by atoms with Crippen molar-refractivity contribution in [2.75, 3.05) is 4.90 Å². The van der Waals surface area contributed by atoms with Crippen molar-refractivity contribution in [1.29, 1.82) is 0 Å². The minimum atomic E-state index is -0.763. The van der Waals surface area contributed by atoms with Crippen LogP contribution in [0.1, 0.15) is 25.7 Å². The highest BCUT2D eigenvalue weighted by Gasteiger charge is 2.45. The van der Waals surface area contributed by atoms with Crippen LogP contribution in [0.2, 0.25) is 5.02 Å². The number of imide groups is 2. The molecule has 6 heteroatoms. The standard InChI is InChI=1S/C15H15ClN2O3/c16-10-5-7-11(8-6-10)18-14(20)12(9-3-1-2-4-9)13(19)17-15(18)21/h5-9,12H,1-4H2,(H,17,19,21). The van der Waals surface area contributed by atoms with E-state index in [1.807, 2.05) is 0 Å². The minimum Gasteiger partial charge on any atom is -0.277 e. The van der Waals surface area contributed by atoms with Crippen molar-refractivity contribution in [2.45, 2.75) is 25.7 Å². The Bertz CT molecular complexity index is 593. The first-order valence-corrected chi connectivity index (χ1v) is 7.40. The van der Waals surface area contributed by atoms with Gasteiger partial charge in [0.25, 0.3) is 0 Å². The number of amides is 4. The van der Waals surface area contributed by atoms with Gasteiger partial charge in [-0.2, -0.15) is 0 Å². The Morgan fingerprint density at radius 2 is 1.67 bits per heavy atom. The van der Waals surface area contributed by atoms with Gasteiger partial charge in [0.05, 0.1) is 5.69 Å². The molecule has 0 radical (unpaired) electrons. The first kappa shape index (κ1) is 14.1. The molecule has 3 rings (SSSR count). The average molecular weight is 307 g/mol. The van der Waals surface area contributed by atoms with Crippen LogP contribution in [0.4, 0.5) is 10.5 Å². The van der Waals surface area contributed by atoms with Crippen LogP contribution < -0.4 is 10.2 Å². The van der Waals surface area contributed by atoms with E-state index in [1.165, 1.54) is 0 Å². The summed E-state index contributed by atoms with van der Waals surface area (Å²) in [5, 5.41) is 2.81. The average Bonchev–Trinajstić information content (AvgIpc) is 2.94. The summed E-state index contributed by atoms with van der Waals surface area (Å²) in [7, 11) is 0. The van der Waals surface area contributed by atoms with Gasteiger partial charge in [0.2, 0.25) is 11.8 Å². The Kier molecular flexibility index (Phi) is 3.68. The molecule has 1 saturated heterocycles. The molecule has 1 aliphatic carbocycles. The van der Waals surface area contributed by atoms with Gasteiger partial charge in [0, 0.05) is 5.02 Å². The lowest BCUT2D eigenvalue weighted by Crippen LogP contribution is -2.59. The number of carbonyl (C=O) groups is 3. The van der Waals surface area contributed by atoms with Gasteiger partial charge < -0.3 is 0 Å². The molecule has 110 valence electrons. The molecule has 1 heterocycles. The molecule has 21 heavy (non-hydrogen) atoms. The van der Waals surface area contributed by atoms with Gasteiger partial charge in [-0.05, 0) is 43.0 Å². The molecule has 0 spiro atoms. The number of rotatable bonds is 2. The fourth-order valence-corrected chi connectivity index (χ4v) is 3.26. The number of hydrogen-bond donors (Lipinski definition) is 1. The van der Waals surface area contributed by atoms with Gasteiger partial charge in [-0.25, -0.2) is 9.69 Å². The molecule has 0 bridgehead atoms. The van der Waals surface area contributed by atoms with Crippen molar-refractivity contribution >= 4 is 35.1 Å². The summed E-state index contributed by atoms with van der Waals surface area (Å²) in [5.74, 6) is -1.64. The van der Waals surface area contributed by atoms with Crippen LogP contribution in [0.15, 0.2) is 24.3 Å². The van der Waals surface area contributed by atoms with Crippen LogP contribution in [-0.2, 0) is 9.59 Å². The Labute approximate surface area is 127 Å². The highest BCUT2D eigenvalue weighted by atomic mass is 35.5. The maximum absolute atomic E-state index is 12.6. The summed E-state index contributed by atoms with van der Waals surface area (Å²) in [6.07, 6.45) is 3.76. The third kappa shape index (κ3) is 2.53. The first-order chi connectivity index (χ1) is 10.1. The lowest BCUT2D eigenvalue weighted by atomic mass is 9.87. The SMILES string of the molecule is O=C1NC(=O)N(c2ccc(Cl)cc2)C(=O)C1C1CCCC1. The second kappa shape index (κ2) is 5.48. The van der Waals surface area contributed by atoms with E-state index < -0.39 is 23.8 Å². The summed E-state index contributed by atoms with van der Waals surface area (Å²) in [5.41, 5.74) is 0.428. The molecule has 1 aliphatic heterocycles. The van der Waals surface area contributed by atoms with Gasteiger partial charge >= 0.3 is 6.03 Å². The Balaban J connectivity index is 1.92. The van der Waals surface area contributed by atoms with Gasteiger partial charge in [-0.1, -0.05) is 24.4 Å². The van der Waals surface area contributed by atoms with Crippen LogP contribution in [0.25, 0.3) is 0 Å². The number of benzene rings is 1. The van der Waals surface area contributed by atoms with Crippen molar-refractivity contribution < 1.29 is 14.4 Å². The lowest BCUT2D eigenvalue weighted by Gasteiger charge is -2.32. The van der Waals surface area contributed by atoms with E-state index in [-0.39, 0.29) is 5.92 Å². The van der Waals surface area contributed by atoms with Crippen molar-refractivity contribution in [1.82, 2.24) is 5.32 Å². The number of nitrogens with zero attached hydrogens (tertiary/aromatic N) is 1. The summed E-state index contributed by atoms with van der Waals surface area (Å²) < 4.78 is 0. The summed E-state index contributed by atoms with van der Waals surface area (Å²) >= 11 is 5.82. The zero-order valence-corrected chi connectivity index (χ0v) is 12.1. The summed E-state index contributed by atoms with van der Waals surface area (Å²) in [4.78, 5) is 37.7. The van der Waals surface area contributed by atoms with Crippen LogP contribution in [0.5, 0.6) is 0 Å². The molecular weight excluding hydrogens is 292 g/mol. The topological polar surface area (TPSA) is 66.5 Å². The highest BCUT2D eigenvalue weighted by Crippen LogP contribution is 2.35. The number of barbiturate groups is 1. The van der Waals surface area contributed by atoms with Gasteiger partial charge in [-0.15, -0.1) is 0 Å². The Hall–Kier alpha value is -1.88. The predicted octanol–water partition coefficient (Wildman–Crippen LogP) is 2.73. The monoisotopic (exact) mass is 306 g/mol. The smallest absolute Gasteiger partial charge is 0.277 e. The fraction of sp³-hybridized carbons (Fsp3) is 0.400. The zero-order valence-electron chi connectivity index (χ0n) is 11.3. The van der Waals surface area contributed by atoms with E-state index in [0.29, 0.717) is 10.7 Å². The number of anilines is 1. The van der Waals surface area contributed by atoms with Crippen molar-refractivity contribution in [3.8, 4) is 0 Å². The molecule has 1 N–H and O–H groups in total. The second-order valence-electron chi connectivity index (χ2n) is 5.47. The highest BCUT2D eigenvalue weighted by molar-refractivity contribution is 6.31. The van der Waals surface area contributed by atoms with Crippen LogP contribution in [-0.4, -0.2) is 17.8 Å². The van der Waals surface area contributed by atoms with Crippen molar-refractivity contribution in [3.63, 3.8) is 0 Å². The van der Waals surface area contributed by atoms with Crippen molar-refractivity contribution in [2.24, 2.45) is 11.8 Å². The second-order valence-corrected chi connectivity index (χ2v) is 5.90. The van der Waals surface area contributed by atoms with Crippen LogP contribution in [0, 0.1) is 11.8 Å². The molecule has 2 aliphatic rings. The quantitative estimate of drug-likeness (QED) is 0.854. The van der Waals surface area contributed by atoms with Gasteiger partial charge in [0.15, 0.2) is 0 Å². The molecule has 4 amide bonds. The van der Waals surface area contributed by atoms with Crippen LogP contribution >= 0.6 is 11.6 Å². The van der Waals surface area contributed by atoms with Gasteiger partial charge in [0.1, 0.15) is 5.92 Å². The molecule has 1 saturated carbocycles. The predicted molar refractivity (Wildman–Crippen MR) is 77.9 cm³/mol. The largest absolute Gasteiger partial charge is 0.335 e. The number of halogens is 1. The summed E-state index contributed by atoms with van der Waals surface area (Å²) in [6, 6.07) is 5.72. The maximum atomic E-state index is 12.6. The third-order valence-corrected chi connectivity index (χ3v) is 4.41. The molecule has 2 fully saturated rings. The first-order valence-electron chi connectivity index (χ1n) is 7.02. The molecule has 0 aromatic heterocycles. The third-order valence-electron chi connectivity index (χ3n) is 4.16. The van der Waals surface area contributed by atoms with E-state index in [1.54, 1.807) is 24.3 Å². The number of urea groups is 1. The maximum Gasteiger partial charge on any atom is 0.335 e. The molecule has 1 aromatic carbocycles. The molecular formula is C15H15ClN2O3. The number of nitrogens with one attached hydrogen (secondary N) is 1. The minimum absolute atomic E-state index is 0.0281. The van der Waals surface area contributed by atoms with E-state index in [4.69, 9.17) is 11.6 Å².